The van der Waals surface area contributed by atoms with Crippen molar-refractivity contribution in [3.63, 3.8) is 0 Å². The van der Waals surface area contributed by atoms with E-state index in [1.165, 1.54) is 4.80 Å². The number of likely N-dealkylation sites (tertiary alicyclic amines) is 1. The number of hydrogen-bond donors (Lipinski definition) is 0. The minimum absolute atomic E-state index is 0.113. The number of nitrogens with zero attached hydrogens (tertiary/aromatic N) is 6. The molecular formula is C23H21ClN6O2. The topological polar surface area (TPSA) is 89.9 Å². The number of carbonyl (C=O) groups is 1. The summed E-state index contributed by atoms with van der Waals surface area (Å²) in [6.07, 6.45) is 4.79. The van der Waals surface area contributed by atoms with Crippen molar-refractivity contribution in [1.82, 2.24) is 30.0 Å². The Balaban J connectivity index is 1.47. The fraction of sp³-hybridized carbons (Fsp3) is 0.261. The van der Waals surface area contributed by atoms with Crippen LogP contribution in [0, 0.1) is 13.8 Å². The van der Waals surface area contributed by atoms with Gasteiger partial charge in [-0.2, -0.15) is 20.0 Å². The Morgan fingerprint density at radius 1 is 1.16 bits per heavy atom. The lowest BCUT2D eigenvalue weighted by atomic mass is 10.1. The average molecular weight is 449 g/mol. The highest BCUT2D eigenvalue weighted by atomic mass is 35.5. The number of amides is 1. The summed E-state index contributed by atoms with van der Waals surface area (Å²) in [5, 5.41) is 13.2. The van der Waals surface area contributed by atoms with Crippen molar-refractivity contribution in [2.24, 2.45) is 0 Å². The van der Waals surface area contributed by atoms with Gasteiger partial charge in [0, 0.05) is 17.1 Å². The van der Waals surface area contributed by atoms with E-state index < -0.39 is 0 Å². The van der Waals surface area contributed by atoms with Gasteiger partial charge in [0.15, 0.2) is 0 Å². The van der Waals surface area contributed by atoms with Crippen molar-refractivity contribution in [3.8, 4) is 17.1 Å². The van der Waals surface area contributed by atoms with Crippen LogP contribution in [-0.2, 0) is 0 Å². The van der Waals surface area contributed by atoms with E-state index in [1.54, 1.807) is 17.3 Å². The number of carbonyl (C=O) groups excluding carboxylic acids is 1. The maximum Gasteiger partial charge on any atom is 0.256 e. The summed E-state index contributed by atoms with van der Waals surface area (Å²) >= 11 is 6.25. The SMILES string of the molecule is Cc1ccc(C(=O)N2CCCC2c2nc(-c3cccc(Cl)c3C)no2)c(-n2nccn2)c1. The maximum absolute atomic E-state index is 13.6. The highest BCUT2D eigenvalue weighted by molar-refractivity contribution is 6.31. The van der Waals surface area contributed by atoms with Crippen molar-refractivity contribution in [1.29, 1.82) is 0 Å². The number of halogens is 1. The van der Waals surface area contributed by atoms with Crippen molar-refractivity contribution < 1.29 is 9.32 Å². The van der Waals surface area contributed by atoms with E-state index in [4.69, 9.17) is 16.1 Å². The molecule has 1 amide bonds. The highest BCUT2D eigenvalue weighted by Crippen LogP contribution is 2.35. The molecule has 1 fully saturated rings. The number of rotatable bonds is 4. The zero-order valence-electron chi connectivity index (χ0n) is 17.7. The van der Waals surface area contributed by atoms with Crippen LogP contribution in [0.2, 0.25) is 5.02 Å². The van der Waals surface area contributed by atoms with E-state index in [2.05, 4.69) is 20.3 Å². The minimum Gasteiger partial charge on any atom is -0.337 e. The number of benzene rings is 2. The van der Waals surface area contributed by atoms with Gasteiger partial charge in [0.1, 0.15) is 6.04 Å². The molecule has 0 aliphatic carbocycles. The molecule has 9 heteroatoms. The monoisotopic (exact) mass is 448 g/mol. The number of aryl methyl sites for hydroxylation is 1. The van der Waals surface area contributed by atoms with Gasteiger partial charge in [0.05, 0.1) is 23.6 Å². The summed E-state index contributed by atoms with van der Waals surface area (Å²) in [6, 6.07) is 10.9. The molecule has 2 aromatic heterocycles. The van der Waals surface area contributed by atoms with Gasteiger partial charge in [-0.25, -0.2) is 0 Å². The fourth-order valence-corrected chi connectivity index (χ4v) is 4.25. The van der Waals surface area contributed by atoms with Crippen LogP contribution >= 0.6 is 11.6 Å². The molecule has 1 unspecified atom stereocenters. The quantitative estimate of drug-likeness (QED) is 0.454. The molecule has 1 atom stereocenters. The summed E-state index contributed by atoms with van der Waals surface area (Å²) in [4.78, 5) is 21.5. The van der Waals surface area contributed by atoms with Crippen LogP contribution in [0.3, 0.4) is 0 Å². The van der Waals surface area contributed by atoms with Crippen LogP contribution in [0.5, 0.6) is 0 Å². The molecule has 32 heavy (non-hydrogen) atoms. The van der Waals surface area contributed by atoms with Crippen LogP contribution in [0.4, 0.5) is 0 Å². The van der Waals surface area contributed by atoms with Gasteiger partial charge in [-0.1, -0.05) is 35.0 Å². The Labute approximate surface area is 189 Å². The van der Waals surface area contributed by atoms with Gasteiger partial charge < -0.3 is 9.42 Å². The van der Waals surface area contributed by atoms with Crippen molar-refractivity contribution in [2.75, 3.05) is 6.54 Å². The van der Waals surface area contributed by atoms with Crippen LogP contribution < -0.4 is 0 Å². The smallest absolute Gasteiger partial charge is 0.256 e. The first-order valence-electron chi connectivity index (χ1n) is 10.4. The molecule has 1 aliphatic rings. The normalized spacial score (nSPS) is 16.0. The molecule has 0 bridgehead atoms. The summed E-state index contributed by atoms with van der Waals surface area (Å²) in [6.45, 7) is 4.50. The Hall–Kier alpha value is -3.52. The molecule has 8 nitrogen and oxygen atoms in total. The Morgan fingerprint density at radius 3 is 2.78 bits per heavy atom. The van der Waals surface area contributed by atoms with E-state index in [-0.39, 0.29) is 11.9 Å². The first-order chi connectivity index (χ1) is 15.5. The third kappa shape index (κ3) is 3.56. The van der Waals surface area contributed by atoms with Gasteiger partial charge in [0.2, 0.25) is 11.7 Å². The summed E-state index contributed by atoms with van der Waals surface area (Å²) < 4.78 is 5.61. The van der Waals surface area contributed by atoms with Gasteiger partial charge in [-0.3, -0.25) is 4.79 Å². The number of aromatic nitrogens is 5. The molecule has 0 radical (unpaired) electrons. The second-order valence-electron chi connectivity index (χ2n) is 7.86. The summed E-state index contributed by atoms with van der Waals surface area (Å²) in [5.74, 6) is 0.783. The predicted octanol–water partition coefficient (Wildman–Crippen LogP) is 4.56. The lowest BCUT2D eigenvalue weighted by Gasteiger charge is -2.23. The largest absolute Gasteiger partial charge is 0.337 e. The fourth-order valence-electron chi connectivity index (χ4n) is 4.08. The Kier molecular flexibility index (Phi) is 5.22. The lowest BCUT2D eigenvalue weighted by molar-refractivity contribution is 0.0709. The third-order valence-electron chi connectivity index (χ3n) is 5.77. The van der Waals surface area contributed by atoms with Crippen LogP contribution in [0.1, 0.15) is 46.3 Å². The summed E-state index contributed by atoms with van der Waals surface area (Å²) in [7, 11) is 0. The first-order valence-corrected chi connectivity index (χ1v) is 10.8. The highest BCUT2D eigenvalue weighted by Gasteiger charge is 2.35. The standard InChI is InChI=1S/C23H21ClN6O2/c1-14-8-9-17(20(13-14)30-25-10-11-26-30)23(31)29-12-4-7-19(29)22-27-21(28-32-22)16-5-3-6-18(24)15(16)2/h3,5-6,8-11,13,19H,4,7,12H2,1-2H3. The molecule has 4 aromatic rings. The predicted molar refractivity (Wildman–Crippen MR) is 119 cm³/mol. The molecule has 0 N–H and O–H groups in total. The van der Waals surface area contributed by atoms with E-state index >= 15 is 0 Å². The van der Waals surface area contributed by atoms with E-state index in [1.807, 2.05) is 50.2 Å². The second kappa shape index (κ2) is 8.20. The molecule has 1 saturated heterocycles. The molecule has 5 rings (SSSR count). The van der Waals surface area contributed by atoms with Gasteiger partial charge in [-0.15, -0.1) is 0 Å². The summed E-state index contributed by atoms with van der Waals surface area (Å²) in [5.41, 5.74) is 3.90. The zero-order chi connectivity index (χ0) is 22.2. The van der Waals surface area contributed by atoms with E-state index in [0.717, 1.165) is 29.5 Å². The van der Waals surface area contributed by atoms with Gasteiger partial charge in [-0.05, 0) is 56.0 Å². The van der Waals surface area contributed by atoms with Crippen molar-refractivity contribution in [2.45, 2.75) is 32.7 Å². The zero-order valence-corrected chi connectivity index (χ0v) is 18.5. The van der Waals surface area contributed by atoms with Crippen molar-refractivity contribution >= 4 is 17.5 Å². The molecule has 2 aromatic carbocycles. The number of hydrogen-bond acceptors (Lipinski definition) is 6. The second-order valence-corrected chi connectivity index (χ2v) is 8.27. The first kappa shape index (κ1) is 20.4. The van der Waals surface area contributed by atoms with Crippen LogP contribution in [-0.4, -0.2) is 42.5 Å². The van der Waals surface area contributed by atoms with Gasteiger partial charge in [0.25, 0.3) is 5.91 Å². The molecule has 162 valence electrons. The van der Waals surface area contributed by atoms with E-state index in [0.29, 0.717) is 34.5 Å². The molecule has 3 heterocycles. The molecular weight excluding hydrogens is 428 g/mol. The molecule has 1 aliphatic heterocycles. The van der Waals surface area contributed by atoms with Crippen LogP contribution in [0.15, 0.2) is 53.3 Å². The molecule has 0 spiro atoms. The van der Waals surface area contributed by atoms with E-state index in [9.17, 15) is 4.79 Å². The lowest BCUT2D eigenvalue weighted by Crippen LogP contribution is -2.31. The average Bonchev–Trinajstić information content (AvgIpc) is 3.55. The Bertz CT molecular complexity index is 1280. The van der Waals surface area contributed by atoms with Gasteiger partial charge >= 0.3 is 0 Å². The van der Waals surface area contributed by atoms with Crippen LogP contribution in [0.25, 0.3) is 17.1 Å². The minimum atomic E-state index is -0.289. The van der Waals surface area contributed by atoms with Crippen molar-refractivity contribution in [3.05, 3.63) is 76.4 Å². The Morgan fingerprint density at radius 2 is 1.97 bits per heavy atom. The third-order valence-corrected chi connectivity index (χ3v) is 6.18. The molecule has 0 saturated carbocycles. The maximum atomic E-state index is 13.6.